The number of hydrogen-bond acceptors (Lipinski definition) is 4. The molecule has 0 radical (unpaired) electrons. The summed E-state index contributed by atoms with van der Waals surface area (Å²) in [6.45, 7) is 2.51. The number of ether oxygens (including phenoxy) is 2. The molecule has 1 aromatic carbocycles. The highest BCUT2D eigenvalue weighted by molar-refractivity contribution is 7.10. The van der Waals surface area contributed by atoms with E-state index in [0.29, 0.717) is 6.61 Å². The molecule has 0 aliphatic rings. The van der Waals surface area contributed by atoms with Gasteiger partial charge < -0.3 is 14.6 Å². The summed E-state index contributed by atoms with van der Waals surface area (Å²) in [5.74, 6) is 1.49. The first-order valence-electron chi connectivity index (χ1n) is 5.78. The maximum absolute atomic E-state index is 10.4. The van der Waals surface area contributed by atoms with Crippen molar-refractivity contribution in [1.29, 1.82) is 0 Å². The maximum atomic E-state index is 10.4. The van der Waals surface area contributed by atoms with E-state index in [2.05, 4.69) is 0 Å². The van der Waals surface area contributed by atoms with Crippen molar-refractivity contribution in [2.45, 2.75) is 13.0 Å². The molecule has 1 aromatic heterocycles. The van der Waals surface area contributed by atoms with Gasteiger partial charge in [0.15, 0.2) is 0 Å². The summed E-state index contributed by atoms with van der Waals surface area (Å²) >= 11 is 1.47. The van der Waals surface area contributed by atoms with E-state index in [4.69, 9.17) is 9.47 Å². The molecule has 1 heterocycles. The van der Waals surface area contributed by atoms with Gasteiger partial charge in [-0.1, -0.05) is 18.2 Å². The first kappa shape index (κ1) is 12.9. The highest BCUT2D eigenvalue weighted by atomic mass is 32.1. The summed E-state index contributed by atoms with van der Waals surface area (Å²) in [7, 11) is 1.62. The molecule has 4 heteroatoms. The van der Waals surface area contributed by atoms with Crippen LogP contribution in [0.5, 0.6) is 11.5 Å². The molecule has 0 bridgehead atoms. The fourth-order valence-corrected chi connectivity index (χ4v) is 2.59. The summed E-state index contributed by atoms with van der Waals surface area (Å²) in [4.78, 5) is 0.846. The largest absolute Gasteiger partial charge is 0.496 e. The third-order valence-electron chi connectivity index (χ3n) is 2.61. The van der Waals surface area contributed by atoms with Crippen LogP contribution in [-0.2, 0) is 0 Å². The van der Waals surface area contributed by atoms with E-state index in [-0.39, 0.29) is 0 Å². The summed E-state index contributed by atoms with van der Waals surface area (Å²) < 4.78 is 10.7. The molecule has 0 fully saturated rings. The Morgan fingerprint density at radius 1 is 1.33 bits per heavy atom. The van der Waals surface area contributed by atoms with Gasteiger partial charge in [0.1, 0.15) is 17.6 Å². The number of methoxy groups -OCH3 is 1. The molecule has 0 saturated heterocycles. The Morgan fingerprint density at radius 3 is 2.78 bits per heavy atom. The Bertz CT molecular complexity index is 507. The molecular weight excluding hydrogens is 248 g/mol. The van der Waals surface area contributed by atoms with E-state index in [0.717, 1.165) is 21.9 Å². The van der Waals surface area contributed by atoms with Crippen molar-refractivity contribution in [3.05, 3.63) is 46.2 Å². The second kappa shape index (κ2) is 5.89. The molecular formula is C14H16O3S. The third kappa shape index (κ3) is 2.66. The molecule has 1 N–H and O–H groups in total. The lowest BCUT2D eigenvalue weighted by Gasteiger charge is -2.14. The molecule has 0 saturated carbocycles. The van der Waals surface area contributed by atoms with Crippen LogP contribution in [0.4, 0.5) is 0 Å². The van der Waals surface area contributed by atoms with E-state index < -0.39 is 6.10 Å². The fraction of sp³-hybridized carbons (Fsp3) is 0.286. The highest BCUT2D eigenvalue weighted by Gasteiger charge is 2.17. The summed E-state index contributed by atoms with van der Waals surface area (Å²) in [5.41, 5.74) is 0.781. The molecule has 0 aliphatic heterocycles. The molecule has 3 nitrogen and oxygen atoms in total. The normalized spacial score (nSPS) is 12.2. The zero-order valence-electron chi connectivity index (χ0n) is 10.4. The minimum atomic E-state index is -0.679. The Balaban J connectivity index is 2.29. The first-order valence-corrected chi connectivity index (χ1v) is 6.66. The van der Waals surface area contributed by atoms with Crippen LogP contribution in [0.15, 0.2) is 35.7 Å². The van der Waals surface area contributed by atoms with E-state index in [1.807, 2.05) is 42.6 Å². The van der Waals surface area contributed by atoms with Crippen LogP contribution in [0.25, 0.3) is 0 Å². The van der Waals surface area contributed by atoms with Crippen molar-refractivity contribution in [3.8, 4) is 11.5 Å². The monoisotopic (exact) mass is 264 g/mol. The van der Waals surface area contributed by atoms with Gasteiger partial charge in [0, 0.05) is 15.8 Å². The lowest BCUT2D eigenvalue weighted by atomic mass is 10.1. The minimum absolute atomic E-state index is 0.581. The first-order chi connectivity index (χ1) is 8.76. The van der Waals surface area contributed by atoms with Gasteiger partial charge in [-0.25, -0.2) is 0 Å². The van der Waals surface area contributed by atoms with Crippen LogP contribution >= 0.6 is 11.3 Å². The molecule has 0 amide bonds. The van der Waals surface area contributed by atoms with Crippen LogP contribution in [0.2, 0.25) is 0 Å². The lowest BCUT2D eigenvalue weighted by molar-refractivity contribution is 0.215. The number of para-hydroxylation sites is 1. The standard InChI is InChI=1S/C14H16O3S/c1-3-17-12-7-5-4-6-11(12)14(15)13-8-10(16-2)9-18-13/h4-9,14-15H,3H2,1-2H3. The Hall–Kier alpha value is -1.52. The smallest absolute Gasteiger partial charge is 0.129 e. The summed E-state index contributed by atoms with van der Waals surface area (Å²) in [6, 6.07) is 9.38. The number of aliphatic hydroxyl groups is 1. The van der Waals surface area contributed by atoms with Crippen LogP contribution in [-0.4, -0.2) is 18.8 Å². The maximum Gasteiger partial charge on any atom is 0.129 e. The number of aliphatic hydroxyl groups excluding tert-OH is 1. The topological polar surface area (TPSA) is 38.7 Å². The molecule has 1 unspecified atom stereocenters. The fourth-order valence-electron chi connectivity index (χ4n) is 1.73. The number of thiophene rings is 1. The van der Waals surface area contributed by atoms with E-state index in [1.54, 1.807) is 7.11 Å². The Labute approximate surface area is 111 Å². The average Bonchev–Trinajstić information content (AvgIpc) is 2.88. The zero-order valence-corrected chi connectivity index (χ0v) is 11.2. The van der Waals surface area contributed by atoms with E-state index >= 15 is 0 Å². The van der Waals surface area contributed by atoms with Crippen molar-refractivity contribution < 1.29 is 14.6 Å². The minimum Gasteiger partial charge on any atom is -0.496 e. The molecule has 2 aromatic rings. The van der Waals surface area contributed by atoms with Crippen LogP contribution in [0, 0.1) is 0 Å². The van der Waals surface area contributed by atoms with Crippen LogP contribution < -0.4 is 9.47 Å². The van der Waals surface area contributed by atoms with Gasteiger partial charge in [-0.05, 0) is 19.1 Å². The number of hydrogen-bond donors (Lipinski definition) is 1. The summed E-state index contributed by atoms with van der Waals surface area (Å²) in [5, 5.41) is 12.3. The van der Waals surface area contributed by atoms with E-state index in [1.165, 1.54) is 11.3 Å². The van der Waals surface area contributed by atoms with Crippen molar-refractivity contribution in [3.63, 3.8) is 0 Å². The zero-order chi connectivity index (χ0) is 13.0. The SMILES string of the molecule is CCOc1ccccc1C(O)c1cc(OC)cs1. The lowest BCUT2D eigenvalue weighted by Crippen LogP contribution is -2.02. The second-order valence-corrected chi connectivity index (χ2v) is 4.71. The Kier molecular flexibility index (Phi) is 4.23. The van der Waals surface area contributed by atoms with Crippen molar-refractivity contribution in [2.75, 3.05) is 13.7 Å². The second-order valence-electron chi connectivity index (χ2n) is 3.76. The predicted octanol–water partition coefficient (Wildman–Crippen LogP) is 3.24. The predicted molar refractivity (Wildman–Crippen MR) is 72.5 cm³/mol. The van der Waals surface area contributed by atoms with Gasteiger partial charge in [0.25, 0.3) is 0 Å². The quantitative estimate of drug-likeness (QED) is 0.901. The molecule has 0 spiro atoms. The molecule has 96 valence electrons. The summed E-state index contributed by atoms with van der Waals surface area (Å²) in [6.07, 6.45) is -0.679. The van der Waals surface area contributed by atoms with Crippen molar-refractivity contribution in [2.24, 2.45) is 0 Å². The van der Waals surface area contributed by atoms with Crippen LogP contribution in [0.1, 0.15) is 23.5 Å². The van der Waals surface area contributed by atoms with Gasteiger partial charge >= 0.3 is 0 Å². The van der Waals surface area contributed by atoms with Crippen LogP contribution in [0.3, 0.4) is 0 Å². The third-order valence-corrected chi connectivity index (χ3v) is 3.58. The highest BCUT2D eigenvalue weighted by Crippen LogP contribution is 2.34. The molecule has 2 rings (SSSR count). The van der Waals surface area contributed by atoms with Gasteiger partial charge in [0.2, 0.25) is 0 Å². The van der Waals surface area contributed by atoms with Crippen molar-refractivity contribution in [1.82, 2.24) is 0 Å². The van der Waals surface area contributed by atoms with Crippen molar-refractivity contribution >= 4 is 11.3 Å². The van der Waals surface area contributed by atoms with Gasteiger partial charge in [-0.2, -0.15) is 0 Å². The average molecular weight is 264 g/mol. The van der Waals surface area contributed by atoms with Gasteiger partial charge in [0.05, 0.1) is 13.7 Å². The van der Waals surface area contributed by atoms with Gasteiger partial charge in [-0.15, -0.1) is 11.3 Å². The van der Waals surface area contributed by atoms with Gasteiger partial charge in [-0.3, -0.25) is 0 Å². The van der Waals surface area contributed by atoms with E-state index in [9.17, 15) is 5.11 Å². The Morgan fingerprint density at radius 2 is 2.11 bits per heavy atom. The number of rotatable bonds is 5. The molecule has 1 atom stereocenters. The molecule has 0 aliphatic carbocycles. The molecule has 18 heavy (non-hydrogen) atoms. The number of benzene rings is 1.